The minimum absolute atomic E-state index is 0.274. The van der Waals surface area contributed by atoms with Crippen LogP contribution in [0.3, 0.4) is 0 Å². The molecule has 1 aliphatic carbocycles. The number of nitrogens with zero attached hydrogens (tertiary/aromatic N) is 2. The normalized spacial score (nSPS) is 23.7. The Labute approximate surface area is 102 Å². The maximum atomic E-state index is 5.45. The molecule has 2 unspecified atom stereocenters. The molecule has 2 atom stereocenters. The van der Waals surface area contributed by atoms with Gasteiger partial charge in [0.15, 0.2) is 0 Å². The van der Waals surface area contributed by atoms with E-state index in [2.05, 4.69) is 15.3 Å². The van der Waals surface area contributed by atoms with Crippen molar-refractivity contribution >= 4 is 5.82 Å². The third-order valence-corrected chi connectivity index (χ3v) is 3.11. The van der Waals surface area contributed by atoms with Gasteiger partial charge in [0.2, 0.25) is 5.88 Å². The summed E-state index contributed by atoms with van der Waals surface area (Å²) in [6.45, 7) is 1.86. The highest BCUT2D eigenvalue weighted by Gasteiger charge is 2.27. The van der Waals surface area contributed by atoms with Crippen LogP contribution in [0.4, 0.5) is 5.82 Å². The largest absolute Gasteiger partial charge is 0.481 e. The molecule has 5 nitrogen and oxygen atoms in total. The fraction of sp³-hybridized carbons (Fsp3) is 0.667. The SMILES string of the molecule is COc1cc(NC2CCCC2OC)nc(C)n1. The molecule has 0 spiro atoms. The number of rotatable bonds is 4. The average Bonchev–Trinajstić information content (AvgIpc) is 2.75. The van der Waals surface area contributed by atoms with Crippen LogP contribution < -0.4 is 10.1 Å². The van der Waals surface area contributed by atoms with E-state index in [1.165, 1.54) is 6.42 Å². The zero-order valence-corrected chi connectivity index (χ0v) is 10.6. The summed E-state index contributed by atoms with van der Waals surface area (Å²) in [4.78, 5) is 8.52. The molecule has 1 aromatic rings. The number of hydrogen-bond donors (Lipinski definition) is 1. The van der Waals surface area contributed by atoms with Gasteiger partial charge in [-0.15, -0.1) is 0 Å². The standard InChI is InChI=1S/C12H19N3O2/c1-8-13-11(7-12(14-8)17-3)15-9-5-4-6-10(9)16-2/h7,9-10H,4-6H2,1-3H3,(H,13,14,15). The molecular weight excluding hydrogens is 218 g/mol. The Morgan fingerprint density at radius 1 is 1.29 bits per heavy atom. The van der Waals surface area contributed by atoms with Crippen molar-refractivity contribution in [3.8, 4) is 5.88 Å². The second-order valence-electron chi connectivity index (χ2n) is 4.30. The highest BCUT2D eigenvalue weighted by atomic mass is 16.5. The van der Waals surface area contributed by atoms with E-state index in [0.29, 0.717) is 17.7 Å². The van der Waals surface area contributed by atoms with Crippen LogP contribution in [0.15, 0.2) is 6.07 Å². The van der Waals surface area contributed by atoms with Gasteiger partial charge in [-0.05, 0) is 26.2 Å². The Morgan fingerprint density at radius 2 is 2.12 bits per heavy atom. The van der Waals surface area contributed by atoms with Crippen molar-refractivity contribution in [3.63, 3.8) is 0 Å². The first-order valence-corrected chi connectivity index (χ1v) is 5.92. The second-order valence-corrected chi connectivity index (χ2v) is 4.30. The Hall–Kier alpha value is -1.36. The van der Waals surface area contributed by atoms with Crippen LogP contribution in [0.1, 0.15) is 25.1 Å². The van der Waals surface area contributed by atoms with E-state index in [4.69, 9.17) is 9.47 Å². The maximum absolute atomic E-state index is 5.45. The van der Waals surface area contributed by atoms with Gasteiger partial charge in [-0.3, -0.25) is 0 Å². The summed E-state index contributed by atoms with van der Waals surface area (Å²) in [6.07, 6.45) is 3.69. The molecule has 1 aromatic heterocycles. The summed E-state index contributed by atoms with van der Waals surface area (Å²) < 4.78 is 10.6. The molecule has 0 amide bonds. The maximum Gasteiger partial charge on any atom is 0.218 e. The number of anilines is 1. The molecule has 2 rings (SSSR count). The lowest BCUT2D eigenvalue weighted by atomic mass is 10.2. The lowest BCUT2D eigenvalue weighted by Crippen LogP contribution is -2.30. The molecule has 0 aromatic carbocycles. The zero-order valence-electron chi connectivity index (χ0n) is 10.6. The lowest BCUT2D eigenvalue weighted by Gasteiger charge is -2.20. The molecule has 5 heteroatoms. The molecule has 1 saturated carbocycles. The summed E-state index contributed by atoms with van der Waals surface area (Å²) >= 11 is 0. The third kappa shape index (κ3) is 2.85. The minimum Gasteiger partial charge on any atom is -0.481 e. The number of aromatic nitrogens is 2. The fourth-order valence-electron chi connectivity index (χ4n) is 2.28. The van der Waals surface area contributed by atoms with Gasteiger partial charge >= 0.3 is 0 Å². The van der Waals surface area contributed by atoms with E-state index < -0.39 is 0 Å². The quantitative estimate of drug-likeness (QED) is 0.865. The summed E-state index contributed by atoms with van der Waals surface area (Å²) in [6, 6.07) is 2.15. The highest BCUT2D eigenvalue weighted by Crippen LogP contribution is 2.25. The molecule has 94 valence electrons. The summed E-state index contributed by atoms with van der Waals surface area (Å²) in [5.74, 6) is 2.11. The highest BCUT2D eigenvalue weighted by molar-refractivity contribution is 5.40. The molecule has 0 bridgehead atoms. The number of methoxy groups -OCH3 is 2. The Bertz CT molecular complexity index is 384. The van der Waals surface area contributed by atoms with Gasteiger partial charge in [0.25, 0.3) is 0 Å². The van der Waals surface area contributed by atoms with Crippen molar-refractivity contribution in [2.24, 2.45) is 0 Å². The van der Waals surface area contributed by atoms with Gasteiger partial charge in [0.05, 0.1) is 19.3 Å². The summed E-state index contributed by atoms with van der Waals surface area (Å²) in [7, 11) is 3.37. The summed E-state index contributed by atoms with van der Waals surface area (Å²) in [5.41, 5.74) is 0. The molecule has 1 heterocycles. The van der Waals surface area contributed by atoms with Gasteiger partial charge < -0.3 is 14.8 Å². The average molecular weight is 237 g/mol. The summed E-state index contributed by atoms with van der Waals surface area (Å²) in [5, 5.41) is 3.40. The van der Waals surface area contributed by atoms with Crippen molar-refractivity contribution in [3.05, 3.63) is 11.9 Å². The van der Waals surface area contributed by atoms with E-state index in [0.717, 1.165) is 18.7 Å². The number of aryl methyl sites for hydroxylation is 1. The first kappa shape index (κ1) is 12.1. The first-order valence-electron chi connectivity index (χ1n) is 5.92. The molecule has 17 heavy (non-hydrogen) atoms. The predicted molar refractivity (Wildman–Crippen MR) is 65.4 cm³/mol. The molecule has 1 aliphatic rings. The monoisotopic (exact) mass is 237 g/mol. The molecule has 0 aliphatic heterocycles. The van der Waals surface area contributed by atoms with Gasteiger partial charge in [0.1, 0.15) is 11.6 Å². The van der Waals surface area contributed by atoms with E-state index in [1.54, 1.807) is 14.2 Å². The van der Waals surface area contributed by atoms with Crippen molar-refractivity contribution in [1.29, 1.82) is 0 Å². The number of nitrogens with one attached hydrogen (secondary N) is 1. The third-order valence-electron chi connectivity index (χ3n) is 3.11. The number of hydrogen-bond acceptors (Lipinski definition) is 5. The molecular formula is C12H19N3O2. The fourth-order valence-corrected chi connectivity index (χ4v) is 2.28. The van der Waals surface area contributed by atoms with Crippen LogP contribution in [-0.4, -0.2) is 36.3 Å². The lowest BCUT2D eigenvalue weighted by molar-refractivity contribution is 0.101. The van der Waals surface area contributed by atoms with Crippen LogP contribution in [0.2, 0.25) is 0 Å². The van der Waals surface area contributed by atoms with E-state index >= 15 is 0 Å². The molecule has 1 N–H and O–H groups in total. The number of ether oxygens (including phenoxy) is 2. The zero-order chi connectivity index (χ0) is 12.3. The predicted octanol–water partition coefficient (Wildman–Crippen LogP) is 1.77. The van der Waals surface area contributed by atoms with Crippen molar-refractivity contribution in [2.45, 2.75) is 38.3 Å². The van der Waals surface area contributed by atoms with Crippen LogP contribution in [-0.2, 0) is 4.74 Å². The van der Waals surface area contributed by atoms with Crippen molar-refractivity contribution < 1.29 is 9.47 Å². The van der Waals surface area contributed by atoms with Crippen molar-refractivity contribution in [2.75, 3.05) is 19.5 Å². The van der Waals surface area contributed by atoms with E-state index in [1.807, 2.05) is 13.0 Å². The second kappa shape index (κ2) is 5.31. The molecule has 0 saturated heterocycles. The van der Waals surface area contributed by atoms with Crippen molar-refractivity contribution in [1.82, 2.24) is 9.97 Å². The van der Waals surface area contributed by atoms with Crippen LogP contribution in [0.25, 0.3) is 0 Å². The van der Waals surface area contributed by atoms with Crippen LogP contribution in [0.5, 0.6) is 5.88 Å². The van der Waals surface area contributed by atoms with Crippen LogP contribution in [0, 0.1) is 6.92 Å². The Kier molecular flexibility index (Phi) is 3.78. The minimum atomic E-state index is 0.274. The smallest absolute Gasteiger partial charge is 0.218 e. The van der Waals surface area contributed by atoms with E-state index in [9.17, 15) is 0 Å². The Balaban J connectivity index is 2.09. The molecule has 0 radical (unpaired) electrons. The van der Waals surface area contributed by atoms with Crippen LogP contribution >= 0.6 is 0 Å². The first-order chi connectivity index (χ1) is 8.22. The topological polar surface area (TPSA) is 56.3 Å². The van der Waals surface area contributed by atoms with E-state index in [-0.39, 0.29) is 6.10 Å². The molecule has 1 fully saturated rings. The van der Waals surface area contributed by atoms with Gasteiger partial charge in [-0.25, -0.2) is 4.98 Å². The Morgan fingerprint density at radius 3 is 2.82 bits per heavy atom. The van der Waals surface area contributed by atoms with Gasteiger partial charge in [0, 0.05) is 13.2 Å². The van der Waals surface area contributed by atoms with Gasteiger partial charge in [-0.2, -0.15) is 4.98 Å². The van der Waals surface area contributed by atoms with Gasteiger partial charge in [-0.1, -0.05) is 0 Å².